The van der Waals surface area contributed by atoms with Crippen LogP contribution in [0.1, 0.15) is 6.42 Å². The third kappa shape index (κ3) is 4.25. The van der Waals surface area contributed by atoms with Crippen molar-refractivity contribution in [3.05, 3.63) is 33.5 Å². The van der Waals surface area contributed by atoms with Gasteiger partial charge < -0.3 is 5.73 Å². The summed E-state index contributed by atoms with van der Waals surface area (Å²) in [5.74, 6) is 0. The molecule has 1 aromatic heterocycles. The minimum atomic E-state index is -3.67. The molecular formula is C11H13Br2N5O2S. The van der Waals surface area contributed by atoms with Crippen LogP contribution < -0.4 is 10.5 Å². The molecule has 3 N–H and O–H groups in total. The Balaban J connectivity index is 2.02. The zero-order chi connectivity index (χ0) is 15.5. The summed E-state index contributed by atoms with van der Waals surface area (Å²) in [6.45, 7) is 0.865. The average Bonchev–Trinajstić information content (AvgIpc) is 2.86. The number of anilines is 1. The van der Waals surface area contributed by atoms with E-state index in [0.717, 1.165) is 0 Å². The van der Waals surface area contributed by atoms with E-state index in [9.17, 15) is 8.42 Å². The number of nitrogens with one attached hydrogen (secondary N) is 1. The van der Waals surface area contributed by atoms with Gasteiger partial charge in [0, 0.05) is 28.2 Å². The molecule has 0 aliphatic rings. The van der Waals surface area contributed by atoms with Gasteiger partial charge in [0.2, 0.25) is 10.0 Å². The van der Waals surface area contributed by atoms with E-state index in [1.54, 1.807) is 29.2 Å². The predicted molar refractivity (Wildman–Crippen MR) is 86.1 cm³/mol. The molecule has 2 rings (SSSR count). The average molecular weight is 439 g/mol. The number of nitrogens with zero attached hydrogens (tertiary/aromatic N) is 3. The van der Waals surface area contributed by atoms with E-state index >= 15 is 0 Å². The molecular weight excluding hydrogens is 426 g/mol. The normalized spacial score (nSPS) is 11.7. The first kappa shape index (κ1) is 16.4. The Kier molecular flexibility index (Phi) is 5.36. The summed E-state index contributed by atoms with van der Waals surface area (Å²) >= 11 is 6.48. The van der Waals surface area contributed by atoms with Crippen LogP contribution >= 0.6 is 31.9 Å². The molecule has 0 saturated heterocycles. The van der Waals surface area contributed by atoms with Crippen LogP contribution in [-0.2, 0) is 16.6 Å². The Morgan fingerprint density at radius 1 is 1.33 bits per heavy atom. The summed E-state index contributed by atoms with van der Waals surface area (Å²) in [4.78, 5) is 0.0476. The number of sulfonamides is 1. The van der Waals surface area contributed by atoms with Crippen molar-refractivity contribution in [1.82, 2.24) is 19.7 Å². The van der Waals surface area contributed by atoms with E-state index in [0.29, 0.717) is 21.9 Å². The Morgan fingerprint density at radius 3 is 2.71 bits per heavy atom. The summed E-state index contributed by atoms with van der Waals surface area (Å²) in [6, 6.07) is 3.19. The molecule has 0 bridgehead atoms. The molecule has 1 aromatic carbocycles. The smallest absolute Gasteiger partial charge is 0.243 e. The molecule has 0 amide bonds. The number of halogens is 2. The van der Waals surface area contributed by atoms with Gasteiger partial charge in [0.1, 0.15) is 4.90 Å². The number of benzene rings is 1. The van der Waals surface area contributed by atoms with Crippen molar-refractivity contribution in [1.29, 1.82) is 0 Å². The van der Waals surface area contributed by atoms with Crippen molar-refractivity contribution < 1.29 is 8.42 Å². The molecule has 0 radical (unpaired) electrons. The lowest BCUT2D eigenvalue weighted by atomic mass is 10.3. The number of rotatable bonds is 6. The van der Waals surface area contributed by atoms with E-state index in [1.807, 2.05) is 0 Å². The summed E-state index contributed by atoms with van der Waals surface area (Å²) < 4.78 is 29.8. The number of nitrogen functional groups attached to an aromatic ring is 1. The minimum absolute atomic E-state index is 0.0476. The van der Waals surface area contributed by atoms with E-state index in [1.165, 1.54) is 0 Å². The van der Waals surface area contributed by atoms with E-state index < -0.39 is 10.0 Å². The van der Waals surface area contributed by atoms with Gasteiger partial charge in [-0.25, -0.2) is 13.1 Å². The quantitative estimate of drug-likeness (QED) is 0.528. The fraction of sp³-hybridized carbons (Fsp3) is 0.273. The molecule has 2 aromatic rings. The largest absolute Gasteiger partial charge is 0.398 e. The fourth-order valence-electron chi connectivity index (χ4n) is 1.74. The molecule has 0 unspecified atom stereocenters. The molecule has 1 heterocycles. The summed E-state index contributed by atoms with van der Waals surface area (Å²) in [5, 5.41) is 7.48. The van der Waals surface area contributed by atoms with E-state index in [4.69, 9.17) is 5.73 Å². The third-order valence-electron chi connectivity index (χ3n) is 2.63. The highest BCUT2D eigenvalue weighted by molar-refractivity contribution is 9.11. The Hall–Kier alpha value is -0.970. The minimum Gasteiger partial charge on any atom is -0.398 e. The van der Waals surface area contributed by atoms with Gasteiger partial charge in [-0.2, -0.15) is 0 Å². The van der Waals surface area contributed by atoms with Gasteiger partial charge in [-0.3, -0.25) is 4.68 Å². The molecule has 0 aliphatic carbocycles. The Labute approximate surface area is 139 Å². The highest BCUT2D eigenvalue weighted by atomic mass is 79.9. The molecule has 10 heteroatoms. The second-order valence-electron chi connectivity index (χ2n) is 4.22. The molecule has 21 heavy (non-hydrogen) atoms. The van der Waals surface area contributed by atoms with Crippen LogP contribution in [-0.4, -0.2) is 30.0 Å². The van der Waals surface area contributed by atoms with Crippen molar-refractivity contribution in [2.75, 3.05) is 12.3 Å². The van der Waals surface area contributed by atoms with Crippen LogP contribution in [0.15, 0.2) is 38.4 Å². The van der Waals surface area contributed by atoms with Crippen LogP contribution in [0.2, 0.25) is 0 Å². The first-order valence-electron chi connectivity index (χ1n) is 5.98. The zero-order valence-electron chi connectivity index (χ0n) is 10.8. The second-order valence-corrected chi connectivity index (χ2v) is 7.70. The maximum absolute atomic E-state index is 12.3. The molecule has 0 fully saturated rings. The van der Waals surface area contributed by atoms with Crippen molar-refractivity contribution in [2.45, 2.75) is 17.9 Å². The monoisotopic (exact) mass is 437 g/mol. The van der Waals surface area contributed by atoms with Gasteiger partial charge in [-0.1, -0.05) is 21.1 Å². The summed E-state index contributed by atoms with van der Waals surface area (Å²) in [6.07, 6.45) is 3.89. The number of hydrogen-bond acceptors (Lipinski definition) is 5. The van der Waals surface area contributed by atoms with Crippen molar-refractivity contribution in [3.8, 4) is 0 Å². The van der Waals surface area contributed by atoms with Gasteiger partial charge in [-0.15, -0.1) is 5.10 Å². The molecule has 0 saturated carbocycles. The predicted octanol–water partition coefficient (Wildman–Crippen LogP) is 1.75. The lowest BCUT2D eigenvalue weighted by Gasteiger charge is -2.11. The van der Waals surface area contributed by atoms with Gasteiger partial charge in [0.05, 0.1) is 11.9 Å². The van der Waals surface area contributed by atoms with Crippen LogP contribution in [0.4, 0.5) is 5.69 Å². The number of hydrogen-bond donors (Lipinski definition) is 2. The topological polar surface area (TPSA) is 103 Å². The number of nitrogens with two attached hydrogens (primary N) is 1. The zero-order valence-corrected chi connectivity index (χ0v) is 14.8. The lowest BCUT2D eigenvalue weighted by molar-refractivity contribution is 0.542. The highest BCUT2D eigenvalue weighted by Gasteiger charge is 2.21. The number of aromatic nitrogens is 3. The summed E-state index contributed by atoms with van der Waals surface area (Å²) in [7, 11) is -3.67. The molecule has 114 valence electrons. The van der Waals surface area contributed by atoms with Crippen molar-refractivity contribution in [3.63, 3.8) is 0 Å². The van der Waals surface area contributed by atoms with Gasteiger partial charge in [0.25, 0.3) is 0 Å². The standard InChI is InChI=1S/C11H13Br2N5O2S/c12-8-6-9(13)11(10(14)7-8)21(19,20)16-2-1-4-18-5-3-15-17-18/h3,5-7,16H,1-2,4,14H2. The summed E-state index contributed by atoms with van der Waals surface area (Å²) in [5.41, 5.74) is 5.97. The molecule has 7 nitrogen and oxygen atoms in total. The maximum Gasteiger partial charge on any atom is 0.243 e. The van der Waals surface area contributed by atoms with Crippen LogP contribution in [0.3, 0.4) is 0 Å². The first-order chi connectivity index (χ1) is 9.90. The van der Waals surface area contributed by atoms with Crippen molar-refractivity contribution in [2.24, 2.45) is 0 Å². The molecule has 0 spiro atoms. The van der Waals surface area contributed by atoms with Crippen molar-refractivity contribution >= 4 is 47.6 Å². The van der Waals surface area contributed by atoms with E-state index in [-0.39, 0.29) is 17.1 Å². The van der Waals surface area contributed by atoms with Crippen LogP contribution in [0, 0.1) is 0 Å². The first-order valence-corrected chi connectivity index (χ1v) is 9.05. The maximum atomic E-state index is 12.3. The molecule has 0 atom stereocenters. The Morgan fingerprint density at radius 2 is 2.10 bits per heavy atom. The van der Waals surface area contributed by atoms with E-state index in [2.05, 4.69) is 46.9 Å². The second kappa shape index (κ2) is 6.86. The van der Waals surface area contributed by atoms with Gasteiger partial charge in [0.15, 0.2) is 0 Å². The molecule has 0 aliphatic heterocycles. The highest BCUT2D eigenvalue weighted by Crippen LogP contribution is 2.31. The van der Waals surface area contributed by atoms with Crippen LogP contribution in [0.5, 0.6) is 0 Å². The Bertz CT molecular complexity index is 695. The SMILES string of the molecule is Nc1cc(Br)cc(Br)c1S(=O)(=O)NCCCn1ccnn1. The fourth-order valence-corrected chi connectivity index (χ4v) is 4.88. The van der Waals surface area contributed by atoms with Crippen LogP contribution in [0.25, 0.3) is 0 Å². The van der Waals surface area contributed by atoms with Gasteiger partial charge in [-0.05, 0) is 34.5 Å². The third-order valence-corrected chi connectivity index (χ3v) is 5.56. The number of aryl methyl sites for hydroxylation is 1. The lowest BCUT2D eigenvalue weighted by Crippen LogP contribution is -2.26. The van der Waals surface area contributed by atoms with Gasteiger partial charge >= 0.3 is 0 Å².